The Bertz CT molecular complexity index is 650. The van der Waals surface area contributed by atoms with Crippen LogP contribution in [-0.4, -0.2) is 32.8 Å². The third-order valence-electron chi connectivity index (χ3n) is 3.87. The molecule has 4 N–H and O–H groups in total. The maximum Gasteiger partial charge on any atom is 0.220 e. The molecule has 7 nitrogen and oxygen atoms in total. The van der Waals surface area contributed by atoms with Crippen LogP contribution in [0.2, 0.25) is 0 Å². The fourth-order valence-corrected chi connectivity index (χ4v) is 3.36. The van der Waals surface area contributed by atoms with Crippen LogP contribution in [0, 0.1) is 0 Å². The van der Waals surface area contributed by atoms with Crippen LogP contribution in [0.25, 0.3) is 0 Å². The fraction of sp³-hybridized carbons (Fsp3) is 0.571. The molecule has 0 aromatic carbocycles. The number of H-pyrrole nitrogens is 1. The minimum atomic E-state index is 0.0463. The lowest BCUT2D eigenvalue weighted by atomic mass is 9.95. The van der Waals surface area contributed by atoms with E-state index < -0.39 is 0 Å². The quantitative estimate of drug-likeness (QED) is 0.736. The molecular weight excluding hydrogens is 300 g/mol. The molecule has 0 atom stereocenters. The van der Waals surface area contributed by atoms with Crippen molar-refractivity contribution in [2.75, 3.05) is 12.3 Å². The summed E-state index contributed by atoms with van der Waals surface area (Å²) < 4.78 is 0. The average Bonchev–Trinajstić information content (AvgIpc) is 3.11. The molecule has 2 aromatic rings. The second-order valence-electron chi connectivity index (χ2n) is 5.47. The number of amides is 1. The highest BCUT2D eigenvalue weighted by Crippen LogP contribution is 2.22. The molecule has 8 heteroatoms. The van der Waals surface area contributed by atoms with E-state index in [0.29, 0.717) is 30.9 Å². The van der Waals surface area contributed by atoms with Gasteiger partial charge in [-0.05, 0) is 31.2 Å². The highest BCUT2D eigenvalue weighted by molar-refractivity contribution is 7.15. The van der Waals surface area contributed by atoms with Gasteiger partial charge < -0.3 is 11.1 Å². The summed E-state index contributed by atoms with van der Waals surface area (Å²) in [6, 6.07) is 0. The minimum Gasteiger partial charge on any atom is -0.374 e. The van der Waals surface area contributed by atoms with Crippen molar-refractivity contribution in [3.8, 4) is 0 Å². The van der Waals surface area contributed by atoms with E-state index in [4.69, 9.17) is 5.73 Å². The van der Waals surface area contributed by atoms with Crippen LogP contribution in [0.5, 0.6) is 0 Å². The van der Waals surface area contributed by atoms with Crippen LogP contribution in [0.3, 0.4) is 0 Å². The lowest BCUT2D eigenvalue weighted by molar-refractivity contribution is -0.121. The lowest BCUT2D eigenvalue weighted by Crippen LogP contribution is -2.26. The van der Waals surface area contributed by atoms with Gasteiger partial charge >= 0.3 is 0 Å². The zero-order valence-corrected chi connectivity index (χ0v) is 13.2. The van der Waals surface area contributed by atoms with Crippen LogP contribution < -0.4 is 11.1 Å². The number of fused-ring (bicyclic) bond motifs is 1. The fourth-order valence-electron chi connectivity index (χ4n) is 2.75. The summed E-state index contributed by atoms with van der Waals surface area (Å²) in [6.07, 6.45) is 6.44. The number of aromatic amines is 1. The van der Waals surface area contributed by atoms with Crippen molar-refractivity contribution in [1.82, 2.24) is 25.7 Å². The first kappa shape index (κ1) is 15.0. The minimum absolute atomic E-state index is 0.0463. The van der Waals surface area contributed by atoms with Crippen LogP contribution in [0.15, 0.2) is 0 Å². The topological polar surface area (TPSA) is 110 Å². The van der Waals surface area contributed by atoms with Crippen LogP contribution >= 0.6 is 11.3 Å². The number of anilines is 1. The molecule has 0 unspecified atom stereocenters. The zero-order valence-electron chi connectivity index (χ0n) is 12.4. The summed E-state index contributed by atoms with van der Waals surface area (Å²) >= 11 is 1.36. The van der Waals surface area contributed by atoms with Gasteiger partial charge in [0, 0.05) is 31.5 Å². The molecule has 1 amide bonds. The Morgan fingerprint density at radius 3 is 2.95 bits per heavy atom. The maximum atomic E-state index is 11.9. The van der Waals surface area contributed by atoms with Crippen LogP contribution in [0.1, 0.15) is 41.2 Å². The first-order valence-corrected chi connectivity index (χ1v) is 8.43. The third kappa shape index (κ3) is 3.62. The average molecular weight is 320 g/mol. The Morgan fingerprint density at radius 2 is 2.14 bits per heavy atom. The van der Waals surface area contributed by atoms with Crippen molar-refractivity contribution in [3.63, 3.8) is 0 Å². The van der Waals surface area contributed by atoms with Gasteiger partial charge in [0.1, 0.15) is 5.01 Å². The smallest absolute Gasteiger partial charge is 0.220 e. The van der Waals surface area contributed by atoms with E-state index in [0.717, 1.165) is 23.5 Å². The normalized spacial score (nSPS) is 13.8. The molecule has 118 valence electrons. The Morgan fingerprint density at radius 1 is 1.27 bits per heavy atom. The summed E-state index contributed by atoms with van der Waals surface area (Å²) in [6.45, 7) is 0.562. The molecule has 0 radical (unpaired) electrons. The Labute approximate surface area is 132 Å². The number of nitrogens with zero attached hydrogens (tertiary/aromatic N) is 3. The predicted molar refractivity (Wildman–Crippen MR) is 84.6 cm³/mol. The molecule has 3 rings (SSSR count). The molecule has 2 aromatic heterocycles. The molecule has 1 aliphatic rings. The first-order chi connectivity index (χ1) is 10.7. The number of aryl methyl sites for hydroxylation is 2. The first-order valence-electron chi connectivity index (χ1n) is 7.62. The van der Waals surface area contributed by atoms with E-state index >= 15 is 0 Å². The van der Waals surface area contributed by atoms with Gasteiger partial charge in [-0.1, -0.05) is 11.3 Å². The van der Waals surface area contributed by atoms with Gasteiger partial charge in [-0.25, -0.2) is 0 Å². The second kappa shape index (κ2) is 6.87. The number of aromatic nitrogens is 4. The molecule has 0 saturated heterocycles. The molecule has 2 heterocycles. The van der Waals surface area contributed by atoms with Gasteiger partial charge in [-0.2, -0.15) is 5.10 Å². The van der Waals surface area contributed by atoms with E-state index in [1.54, 1.807) is 0 Å². The van der Waals surface area contributed by atoms with E-state index in [1.165, 1.54) is 35.4 Å². The molecule has 0 fully saturated rings. The van der Waals surface area contributed by atoms with Crippen molar-refractivity contribution in [1.29, 1.82) is 0 Å². The zero-order chi connectivity index (χ0) is 15.4. The van der Waals surface area contributed by atoms with E-state index in [2.05, 4.69) is 25.7 Å². The van der Waals surface area contributed by atoms with Crippen LogP contribution in [-0.2, 0) is 30.5 Å². The molecule has 0 spiro atoms. The van der Waals surface area contributed by atoms with E-state index in [-0.39, 0.29) is 5.91 Å². The van der Waals surface area contributed by atoms with Crippen molar-refractivity contribution < 1.29 is 4.79 Å². The van der Waals surface area contributed by atoms with Gasteiger partial charge in [-0.15, -0.1) is 10.2 Å². The molecule has 0 bridgehead atoms. The largest absolute Gasteiger partial charge is 0.374 e. The lowest BCUT2D eigenvalue weighted by Gasteiger charge is -2.11. The number of hydrogen-bond donors (Lipinski definition) is 3. The SMILES string of the molecule is Nc1nnc(CCNC(=O)CCc2n[nH]c3c2CCCC3)s1. The Hall–Kier alpha value is -1.96. The standard InChI is InChI=1S/C14H20N6OS/c15-14-20-19-13(22-14)7-8-16-12(21)6-5-11-9-3-1-2-4-10(9)17-18-11/h1-8H2,(H2,15,20)(H,16,21)(H,17,18). The van der Waals surface area contributed by atoms with Crippen LogP contribution in [0.4, 0.5) is 5.13 Å². The van der Waals surface area contributed by atoms with Gasteiger partial charge in [0.2, 0.25) is 11.0 Å². The van der Waals surface area contributed by atoms with Gasteiger partial charge in [-0.3, -0.25) is 9.89 Å². The van der Waals surface area contributed by atoms with Gasteiger partial charge in [0.15, 0.2) is 0 Å². The third-order valence-corrected chi connectivity index (χ3v) is 4.69. The number of carbonyl (C=O) groups is 1. The molecule has 22 heavy (non-hydrogen) atoms. The molecule has 0 aliphatic heterocycles. The van der Waals surface area contributed by atoms with E-state index in [1.807, 2.05) is 0 Å². The summed E-state index contributed by atoms with van der Waals surface area (Å²) in [5.41, 5.74) is 9.17. The van der Waals surface area contributed by atoms with Crippen molar-refractivity contribution in [2.24, 2.45) is 0 Å². The predicted octanol–water partition coefficient (Wildman–Crippen LogP) is 1.01. The van der Waals surface area contributed by atoms with Crippen molar-refractivity contribution >= 4 is 22.4 Å². The Balaban J connectivity index is 1.41. The highest BCUT2D eigenvalue weighted by atomic mass is 32.1. The number of nitrogen functional groups attached to an aromatic ring is 1. The maximum absolute atomic E-state index is 11.9. The molecule has 0 saturated carbocycles. The van der Waals surface area contributed by atoms with Crippen molar-refractivity contribution in [2.45, 2.75) is 44.9 Å². The monoisotopic (exact) mass is 320 g/mol. The van der Waals surface area contributed by atoms with Crippen molar-refractivity contribution in [3.05, 3.63) is 22.0 Å². The summed E-state index contributed by atoms with van der Waals surface area (Å²) in [5, 5.41) is 19.4. The molecular formula is C14H20N6OS. The number of rotatable bonds is 6. The number of carbonyl (C=O) groups excluding carboxylic acids is 1. The molecule has 1 aliphatic carbocycles. The summed E-state index contributed by atoms with van der Waals surface area (Å²) in [5.74, 6) is 0.0463. The summed E-state index contributed by atoms with van der Waals surface area (Å²) in [7, 11) is 0. The van der Waals surface area contributed by atoms with Gasteiger partial charge in [0.05, 0.1) is 5.69 Å². The number of nitrogens with one attached hydrogen (secondary N) is 2. The van der Waals surface area contributed by atoms with Gasteiger partial charge in [0.25, 0.3) is 0 Å². The summed E-state index contributed by atoms with van der Waals surface area (Å²) in [4.78, 5) is 11.9. The Kier molecular flexibility index (Phi) is 4.67. The van der Waals surface area contributed by atoms with E-state index in [9.17, 15) is 4.79 Å². The number of nitrogens with two attached hydrogens (primary N) is 1. The highest BCUT2D eigenvalue weighted by Gasteiger charge is 2.17. The second-order valence-corrected chi connectivity index (χ2v) is 6.56. The number of hydrogen-bond acceptors (Lipinski definition) is 6.